The average molecular weight is 1060 g/mol. The highest BCUT2D eigenvalue weighted by Crippen LogP contribution is 2.55. The maximum absolute atomic E-state index is 14.7. The summed E-state index contributed by atoms with van der Waals surface area (Å²) in [6.07, 6.45) is 4.53. The number of aliphatic hydroxyl groups excluding tert-OH is 2. The van der Waals surface area contributed by atoms with Gasteiger partial charge in [-0.1, -0.05) is 74.8 Å². The lowest BCUT2D eigenvalue weighted by Crippen LogP contribution is -2.46. The molecule has 1 saturated heterocycles. The van der Waals surface area contributed by atoms with E-state index in [1.165, 1.54) is 66.5 Å². The van der Waals surface area contributed by atoms with Gasteiger partial charge in [-0.2, -0.15) is 5.10 Å². The number of esters is 2. The lowest BCUT2D eigenvalue weighted by Gasteiger charge is -2.38. The first-order chi connectivity index (χ1) is 35.5. The Morgan fingerprint density at radius 2 is 1.61 bits per heavy atom. The molecule has 21 heteroatoms. The molecule has 0 unspecified atom stereocenters. The molecule has 8 rings (SSSR count). The Labute approximate surface area is 438 Å². The molecule has 0 saturated carbocycles. The number of carbonyl (C=O) groups is 4. The lowest BCUT2D eigenvalue weighted by atomic mass is 9.78. The molecule has 3 aromatic carbocycles. The third-order valence-electron chi connectivity index (χ3n) is 14.4. The van der Waals surface area contributed by atoms with Crippen LogP contribution in [0.15, 0.2) is 70.0 Å². The van der Waals surface area contributed by atoms with Crippen LogP contribution in [0, 0.1) is 30.6 Å². The molecule has 75 heavy (non-hydrogen) atoms. The van der Waals surface area contributed by atoms with Gasteiger partial charge >= 0.3 is 17.7 Å². The zero-order chi connectivity index (χ0) is 54.8. The van der Waals surface area contributed by atoms with Crippen molar-refractivity contribution in [3.05, 3.63) is 93.4 Å². The average Bonchev–Trinajstić information content (AvgIpc) is 3.92. The predicted molar refractivity (Wildman–Crippen MR) is 277 cm³/mol. The number of methoxy groups -OCH3 is 2. The smallest absolute Gasteiger partial charge is 0.343 e. The van der Waals surface area contributed by atoms with E-state index in [1.807, 2.05) is 4.90 Å². The standard InChI is InChI=1S/C54H64ClN5O15/c1-26-12-11-13-27(2)52(68)57-43-35(24-56-60-21-19-59(20-22-60)25-37-38(53(69)71-10)42(58-75-37)33-14-16-34(55)17-15-33)47(65)39-40(48(43)66)46(64)31(6)50-41(39)51(67)54(8,74-50)72-23-18-36(70-9)28(3)49(73-32(7)61)30(5)45(63)29(4)44(26)62/h11-18,23-24,26,28-30,36,44-45,49,62-66H,19-22,25H2,1-10H3,(H,57,68)/b12-11+,23-18+,27-13-,56-24+/t26-,28+,29+,30+,36-,44-,45+,49+,54-/m0/s1. The summed E-state index contributed by atoms with van der Waals surface area (Å²) in [6, 6.07) is 6.78. The second-order valence-corrected chi connectivity index (χ2v) is 19.9. The van der Waals surface area contributed by atoms with Crippen molar-refractivity contribution < 1.29 is 72.9 Å². The third-order valence-corrected chi connectivity index (χ3v) is 14.6. The number of anilines is 1. The first kappa shape index (κ1) is 55.8. The van der Waals surface area contributed by atoms with E-state index < -0.39 is 94.8 Å². The number of fused-ring (bicyclic) bond motifs is 14. The van der Waals surface area contributed by atoms with Crippen LogP contribution in [0.3, 0.4) is 0 Å². The minimum atomic E-state index is -2.11. The number of ether oxygens (including phenoxy) is 5. The molecule has 4 aliphatic rings. The quantitative estimate of drug-likeness (QED) is 0.0448. The Morgan fingerprint density at radius 3 is 2.25 bits per heavy atom. The highest BCUT2D eigenvalue weighted by atomic mass is 35.5. The zero-order valence-corrected chi connectivity index (χ0v) is 44.2. The van der Waals surface area contributed by atoms with Crippen LogP contribution in [-0.2, 0) is 35.1 Å². The van der Waals surface area contributed by atoms with Gasteiger partial charge < -0.3 is 59.1 Å². The number of Topliss-reactive ketones (excluding diaryl/α,β-unsaturated/α-hetero) is 1. The number of hydrazone groups is 1. The molecular formula is C54H64ClN5O15. The highest BCUT2D eigenvalue weighted by molar-refractivity contribution is 6.30. The number of amides is 1. The number of aromatic nitrogens is 1. The third kappa shape index (κ3) is 11.2. The van der Waals surface area contributed by atoms with E-state index in [1.54, 1.807) is 69.1 Å². The number of aliphatic hydroxyl groups is 2. The van der Waals surface area contributed by atoms with Crippen LogP contribution in [0.4, 0.5) is 5.69 Å². The molecule has 6 N–H and O–H groups in total. The monoisotopic (exact) mass is 1060 g/mol. The fraction of sp³-hybridized carbons (Fsp3) is 0.444. The van der Waals surface area contributed by atoms with Crippen molar-refractivity contribution in [2.75, 3.05) is 45.7 Å². The van der Waals surface area contributed by atoms with Crippen molar-refractivity contribution in [2.45, 2.75) is 92.1 Å². The number of rotatable bonds is 8. The lowest BCUT2D eigenvalue weighted by molar-refractivity contribution is -0.160. The Morgan fingerprint density at radius 1 is 0.933 bits per heavy atom. The number of phenols is 3. The summed E-state index contributed by atoms with van der Waals surface area (Å²) in [5.41, 5.74) is 0.421. The van der Waals surface area contributed by atoms with Gasteiger partial charge in [0, 0.05) is 97.9 Å². The van der Waals surface area contributed by atoms with Crippen molar-refractivity contribution in [1.29, 1.82) is 0 Å². The molecule has 1 aromatic heterocycles. The van der Waals surface area contributed by atoms with Gasteiger partial charge in [0.15, 0.2) is 11.5 Å². The number of halogens is 1. The summed E-state index contributed by atoms with van der Waals surface area (Å²) in [5.74, 6) is -9.27. The largest absolute Gasteiger partial charge is 0.507 e. The summed E-state index contributed by atoms with van der Waals surface area (Å²) in [6.45, 7) is 14.0. The van der Waals surface area contributed by atoms with Crippen molar-refractivity contribution in [3.8, 4) is 34.3 Å². The molecule has 9 atom stereocenters. The summed E-state index contributed by atoms with van der Waals surface area (Å²) in [7, 11) is 2.69. The van der Waals surface area contributed by atoms with Gasteiger partial charge in [-0.25, -0.2) is 4.79 Å². The van der Waals surface area contributed by atoms with Crippen molar-refractivity contribution in [3.63, 3.8) is 0 Å². The van der Waals surface area contributed by atoms with Gasteiger partial charge in [-0.3, -0.25) is 24.3 Å². The van der Waals surface area contributed by atoms with Crippen LogP contribution in [-0.4, -0.2) is 141 Å². The van der Waals surface area contributed by atoms with Crippen molar-refractivity contribution in [1.82, 2.24) is 15.1 Å². The number of aromatic hydroxyl groups is 3. The van der Waals surface area contributed by atoms with Gasteiger partial charge in [-0.05, 0) is 32.1 Å². The maximum atomic E-state index is 14.7. The maximum Gasteiger partial charge on any atom is 0.343 e. The number of hydrogen-bond donors (Lipinski definition) is 6. The second-order valence-electron chi connectivity index (χ2n) is 19.4. The van der Waals surface area contributed by atoms with E-state index in [-0.39, 0.29) is 56.6 Å². The number of nitrogens with one attached hydrogen (secondary N) is 1. The Kier molecular flexibility index (Phi) is 17.0. The van der Waals surface area contributed by atoms with Gasteiger partial charge in [0.1, 0.15) is 34.6 Å². The number of piperazine rings is 1. The van der Waals surface area contributed by atoms with Crippen LogP contribution in [0.2, 0.25) is 5.02 Å². The summed E-state index contributed by atoms with van der Waals surface area (Å²) < 4.78 is 34.5. The number of benzene rings is 3. The molecule has 0 aliphatic carbocycles. The highest BCUT2D eigenvalue weighted by Gasteiger charge is 2.50. The Balaban J connectivity index is 1.27. The molecule has 402 valence electrons. The van der Waals surface area contributed by atoms with E-state index in [0.29, 0.717) is 48.2 Å². The van der Waals surface area contributed by atoms with Gasteiger partial charge in [-0.15, -0.1) is 0 Å². The number of carbonyl (C=O) groups excluding carboxylic acids is 4. The van der Waals surface area contributed by atoms with E-state index in [2.05, 4.69) is 15.6 Å². The fourth-order valence-corrected chi connectivity index (χ4v) is 9.90. The van der Waals surface area contributed by atoms with E-state index in [0.717, 1.165) is 0 Å². The normalized spacial score (nSPS) is 27.6. The molecule has 1 amide bonds. The molecule has 5 heterocycles. The van der Waals surface area contributed by atoms with E-state index in [4.69, 9.17) is 39.8 Å². The number of allylic oxidation sites excluding steroid dienone is 2. The number of phenolic OH excluding ortho intramolecular Hbond substituents is 3. The van der Waals surface area contributed by atoms with Crippen LogP contribution in [0.25, 0.3) is 22.0 Å². The predicted octanol–water partition coefficient (Wildman–Crippen LogP) is 7.00. The van der Waals surface area contributed by atoms with E-state index in [9.17, 15) is 44.7 Å². The Bertz CT molecular complexity index is 2960. The van der Waals surface area contributed by atoms with Crippen molar-refractivity contribution >= 4 is 57.9 Å². The fourth-order valence-electron chi connectivity index (χ4n) is 9.78. The number of hydrogen-bond acceptors (Lipinski definition) is 19. The molecule has 20 nitrogen and oxygen atoms in total. The zero-order valence-electron chi connectivity index (χ0n) is 43.4. The van der Waals surface area contributed by atoms with E-state index >= 15 is 0 Å². The van der Waals surface area contributed by atoms with Gasteiger partial charge in [0.25, 0.3) is 11.7 Å². The molecule has 0 spiro atoms. The number of ketones is 1. The van der Waals surface area contributed by atoms with Crippen LogP contribution in [0.1, 0.15) is 86.1 Å². The Hall–Kier alpha value is -6.97. The van der Waals surface area contributed by atoms with Crippen LogP contribution < -0.4 is 10.1 Å². The molecule has 4 aromatic rings. The van der Waals surface area contributed by atoms with Crippen LogP contribution >= 0.6 is 11.6 Å². The summed E-state index contributed by atoms with van der Waals surface area (Å²) in [4.78, 5) is 56.2. The first-order valence-corrected chi connectivity index (χ1v) is 24.8. The number of nitrogens with zero attached hydrogens (tertiary/aromatic N) is 4. The van der Waals surface area contributed by atoms with Crippen molar-refractivity contribution in [2.24, 2.45) is 28.8 Å². The summed E-state index contributed by atoms with van der Waals surface area (Å²) >= 11 is 6.09. The minimum Gasteiger partial charge on any atom is -0.507 e. The minimum absolute atomic E-state index is 0.0103. The molecule has 0 radical (unpaired) electrons. The van der Waals surface area contributed by atoms with Crippen LogP contribution in [0.5, 0.6) is 23.0 Å². The topological polar surface area (TPSA) is 272 Å². The molecule has 5 bridgehead atoms. The summed E-state index contributed by atoms with van der Waals surface area (Å²) in [5, 5.41) is 72.4. The second kappa shape index (κ2) is 22.9. The first-order valence-electron chi connectivity index (χ1n) is 24.4. The van der Waals surface area contributed by atoms with Gasteiger partial charge in [0.2, 0.25) is 0 Å². The molecule has 1 fully saturated rings. The SMILES string of the molecule is COC(=O)c1c(-c2ccc(Cl)cc2)noc1CN1CCN(/N=C/c2c3c(O)c4c(O)c(C)c5c(c4c2O)C(=O)[C@@](C)(O/C=C/[C@H](OC)[C@@H](C)[C@@H](OC(C)=O)[C@H](C)[C@H](O)[C@H](C)[C@@H](O)[C@@H](C)/C=C/C=C(/C)C(=O)N3)O5)CC1. The molecule has 4 aliphatic heterocycles. The van der Waals surface area contributed by atoms with Gasteiger partial charge in [0.05, 0.1) is 66.6 Å². The molecular weight excluding hydrogens is 994 g/mol.